The lowest BCUT2D eigenvalue weighted by Crippen LogP contribution is -1.89. The Morgan fingerprint density at radius 2 is 1.72 bits per heavy atom. The Balaban J connectivity index is 1.82. The SMILES string of the molecule is c1ccc(-c2ncc(Nc3ccccn3)o2)cc1. The zero-order chi connectivity index (χ0) is 12.2. The first-order chi connectivity index (χ1) is 8.92. The summed E-state index contributed by atoms with van der Waals surface area (Å²) in [6, 6.07) is 15.4. The van der Waals surface area contributed by atoms with E-state index in [1.54, 1.807) is 12.4 Å². The number of benzene rings is 1. The summed E-state index contributed by atoms with van der Waals surface area (Å²) in [4.78, 5) is 8.38. The number of oxazole rings is 1. The van der Waals surface area contributed by atoms with Gasteiger partial charge in [-0.2, -0.15) is 0 Å². The van der Waals surface area contributed by atoms with Gasteiger partial charge in [-0.05, 0) is 24.3 Å². The van der Waals surface area contributed by atoms with Gasteiger partial charge in [0.2, 0.25) is 11.8 Å². The molecule has 2 aromatic heterocycles. The molecule has 3 aromatic rings. The molecule has 0 spiro atoms. The van der Waals surface area contributed by atoms with Gasteiger partial charge in [0.25, 0.3) is 0 Å². The number of pyridine rings is 1. The fourth-order valence-electron chi connectivity index (χ4n) is 1.61. The summed E-state index contributed by atoms with van der Waals surface area (Å²) in [5.41, 5.74) is 0.951. The minimum atomic E-state index is 0.576. The van der Waals surface area contributed by atoms with Crippen LogP contribution in [0, 0.1) is 0 Å². The third kappa shape index (κ3) is 2.22. The molecule has 0 aliphatic carbocycles. The van der Waals surface area contributed by atoms with Crippen LogP contribution in [-0.4, -0.2) is 9.97 Å². The molecule has 0 fully saturated rings. The summed E-state index contributed by atoms with van der Waals surface area (Å²) in [7, 11) is 0. The van der Waals surface area contributed by atoms with Gasteiger partial charge in [-0.25, -0.2) is 9.97 Å². The van der Waals surface area contributed by atoms with E-state index < -0.39 is 0 Å². The molecule has 0 atom stereocenters. The van der Waals surface area contributed by atoms with Gasteiger partial charge in [-0.3, -0.25) is 0 Å². The number of anilines is 2. The minimum Gasteiger partial charge on any atom is -0.420 e. The van der Waals surface area contributed by atoms with Gasteiger partial charge in [0, 0.05) is 11.8 Å². The highest BCUT2D eigenvalue weighted by molar-refractivity contribution is 5.56. The fraction of sp³-hybridized carbons (Fsp3) is 0. The van der Waals surface area contributed by atoms with Crippen LogP contribution in [0.2, 0.25) is 0 Å². The monoisotopic (exact) mass is 237 g/mol. The van der Waals surface area contributed by atoms with Gasteiger partial charge in [-0.1, -0.05) is 24.3 Å². The van der Waals surface area contributed by atoms with Crippen molar-refractivity contribution in [1.29, 1.82) is 0 Å². The number of aromatic nitrogens is 2. The van der Waals surface area contributed by atoms with E-state index in [2.05, 4.69) is 15.3 Å². The van der Waals surface area contributed by atoms with Crippen LogP contribution < -0.4 is 5.32 Å². The van der Waals surface area contributed by atoms with Crippen molar-refractivity contribution in [2.45, 2.75) is 0 Å². The minimum absolute atomic E-state index is 0.576. The standard InChI is InChI=1S/C14H11N3O/c1-2-6-11(7-3-1)14-16-10-13(18-14)17-12-8-4-5-9-15-12/h1-10H,(H,15,17). The largest absolute Gasteiger partial charge is 0.420 e. The van der Waals surface area contributed by atoms with Crippen molar-refractivity contribution < 1.29 is 4.42 Å². The second-order valence-electron chi connectivity index (χ2n) is 3.74. The van der Waals surface area contributed by atoms with E-state index in [1.807, 2.05) is 48.5 Å². The van der Waals surface area contributed by atoms with Crippen molar-refractivity contribution in [2.75, 3.05) is 5.32 Å². The van der Waals surface area contributed by atoms with Crippen molar-refractivity contribution in [3.8, 4) is 11.5 Å². The van der Waals surface area contributed by atoms with Crippen molar-refractivity contribution in [3.63, 3.8) is 0 Å². The molecular formula is C14H11N3O. The number of rotatable bonds is 3. The molecule has 0 aliphatic heterocycles. The summed E-state index contributed by atoms with van der Waals surface area (Å²) in [5.74, 6) is 1.90. The molecule has 0 unspecified atom stereocenters. The smallest absolute Gasteiger partial charge is 0.228 e. The van der Waals surface area contributed by atoms with Crippen LogP contribution in [0.25, 0.3) is 11.5 Å². The molecule has 0 bridgehead atoms. The maximum Gasteiger partial charge on any atom is 0.228 e. The molecule has 0 radical (unpaired) electrons. The molecule has 0 aliphatic rings. The van der Waals surface area contributed by atoms with Crippen LogP contribution in [0.3, 0.4) is 0 Å². The lowest BCUT2D eigenvalue weighted by Gasteiger charge is -1.99. The lowest BCUT2D eigenvalue weighted by atomic mass is 10.2. The summed E-state index contributed by atoms with van der Waals surface area (Å²) in [5, 5.41) is 3.05. The average molecular weight is 237 g/mol. The van der Waals surface area contributed by atoms with Gasteiger partial charge in [0.15, 0.2) is 0 Å². The molecule has 1 aromatic carbocycles. The van der Waals surface area contributed by atoms with Crippen LogP contribution in [0.1, 0.15) is 0 Å². The third-order valence-electron chi connectivity index (χ3n) is 2.44. The van der Waals surface area contributed by atoms with Crippen LogP contribution in [-0.2, 0) is 0 Å². The highest BCUT2D eigenvalue weighted by Gasteiger charge is 2.06. The topological polar surface area (TPSA) is 51.0 Å². The first kappa shape index (κ1) is 10.5. The Morgan fingerprint density at radius 1 is 0.889 bits per heavy atom. The molecule has 3 rings (SSSR count). The van der Waals surface area contributed by atoms with E-state index in [4.69, 9.17) is 4.42 Å². The van der Waals surface area contributed by atoms with Crippen LogP contribution in [0.4, 0.5) is 11.7 Å². The zero-order valence-electron chi connectivity index (χ0n) is 9.58. The van der Waals surface area contributed by atoms with E-state index in [0.29, 0.717) is 11.8 Å². The Morgan fingerprint density at radius 3 is 2.50 bits per heavy atom. The van der Waals surface area contributed by atoms with Crippen molar-refractivity contribution in [3.05, 3.63) is 60.9 Å². The predicted octanol–water partition coefficient (Wildman–Crippen LogP) is 3.48. The first-order valence-corrected chi connectivity index (χ1v) is 5.61. The number of nitrogens with zero attached hydrogens (tertiary/aromatic N) is 2. The van der Waals surface area contributed by atoms with Crippen molar-refractivity contribution in [1.82, 2.24) is 9.97 Å². The van der Waals surface area contributed by atoms with E-state index in [9.17, 15) is 0 Å². The number of hydrogen-bond donors (Lipinski definition) is 1. The Hall–Kier alpha value is -2.62. The Kier molecular flexibility index (Phi) is 2.75. The maximum atomic E-state index is 5.61. The summed E-state index contributed by atoms with van der Waals surface area (Å²) in [6.07, 6.45) is 3.37. The lowest BCUT2D eigenvalue weighted by molar-refractivity contribution is 0.591. The second-order valence-corrected chi connectivity index (χ2v) is 3.74. The van der Waals surface area contributed by atoms with Crippen LogP contribution >= 0.6 is 0 Å². The quantitative estimate of drug-likeness (QED) is 0.757. The molecular weight excluding hydrogens is 226 g/mol. The van der Waals surface area contributed by atoms with Gasteiger partial charge in [0.05, 0.1) is 6.20 Å². The molecule has 18 heavy (non-hydrogen) atoms. The molecule has 0 saturated heterocycles. The van der Waals surface area contributed by atoms with Crippen molar-refractivity contribution in [2.24, 2.45) is 0 Å². The van der Waals surface area contributed by atoms with Crippen molar-refractivity contribution >= 4 is 11.7 Å². The summed E-state index contributed by atoms with van der Waals surface area (Å²) >= 11 is 0. The maximum absolute atomic E-state index is 5.61. The highest BCUT2D eigenvalue weighted by atomic mass is 16.4. The van der Waals surface area contributed by atoms with Crippen LogP contribution in [0.5, 0.6) is 0 Å². The fourth-order valence-corrected chi connectivity index (χ4v) is 1.61. The number of nitrogens with one attached hydrogen (secondary N) is 1. The summed E-state index contributed by atoms with van der Waals surface area (Å²) < 4.78 is 5.61. The average Bonchev–Trinajstić information content (AvgIpc) is 2.89. The first-order valence-electron chi connectivity index (χ1n) is 5.61. The van der Waals surface area contributed by atoms with E-state index in [1.165, 1.54) is 0 Å². The zero-order valence-corrected chi connectivity index (χ0v) is 9.58. The van der Waals surface area contributed by atoms with Gasteiger partial charge in [-0.15, -0.1) is 0 Å². The molecule has 2 heterocycles. The molecule has 4 heteroatoms. The van der Waals surface area contributed by atoms with E-state index >= 15 is 0 Å². The molecule has 0 saturated carbocycles. The second kappa shape index (κ2) is 4.71. The molecule has 88 valence electrons. The van der Waals surface area contributed by atoms with E-state index in [-0.39, 0.29) is 0 Å². The highest BCUT2D eigenvalue weighted by Crippen LogP contribution is 2.22. The third-order valence-corrected chi connectivity index (χ3v) is 2.44. The Labute approximate surface area is 104 Å². The predicted molar refractivity (Wildman–Crippen MR) is 69.5 cm³/mol. The number of hydrogen-bond acceptors (Lipinski definition) is 4. The molecule has 0 amide bonds. The normalized spacial score (nSPS) is 10.2. The van der Waals surface area contributed by atoms with Gasteiger partial charge >= 0.3 is 0 Å². The van der Waals surface area contributed by atoms with Crippen LogP contribution in [0.15, 0.2) is 65.3 Å². The Bertz CT molecular complexity index is 620. The van der Waals surface area contributed by atoms with E-state index in [0.717, 1.165) is 11.4 Å². The molecule has 1 N–H and O–H groups in total. The van der Waals surface area contributed by atoms with Gasteiger partial charge in [0.1, 0.15) is 5.82 Å². The summed E-state index contributed by atoms with van der Waals surface area (Å²) in [6.45, 7) is 0. The van der Waals surface area contributed by atoms with Gasteiger partial charge < -0.3 is 9.73 Å². The molecule has 4 nitrogen and oxygen atoms in total.